The number of hydrogen-bond donors (Lipinski definition) is 1. The van der Waals surface area contributed by atoms with Gasteiger partial charge in [0.2, 0.25) is 0 Å². The maximum Gasteiger partial charge on any atom is 0.306 e. The number of nitro groups is 1. The summed E-state index contributed by atoms with van der Waals surface area (Å²) in [6.45, 7) is 2.82. The largest absolute Gasteiger partial charge is 0.316 e. The van der Waals surface area contributed by atoms with Gasteiger partial charge >= 0.3 is 5.69 Å². The summed E-state index contributed by atoms with van der Waals surface area (Å²) in [5, 5.41) is 17.7. The molecular formula is C9H14N4O2. The molecule has 1 saturated heterocycles. The SMILES string of the molecule is O=[N+]([O-])c1cnn(CC2CCCNC2)c1. The lowest BCUT2D eigenvalue weighted by molar-refractivity contribution is -0.385. The van der Waals surface area contributed by atoms with Crippen molar-refractivity contribution in [2.45, 2.75) is 19.4 Å². The molecule has 1 unspecified atom stereocenters. The van der Waals surface area contributed by atoms with Crippen LogP contribution in [0.5, 0.6) is 0 Å². The van der Waals surface area contributed by atoms with Crippen LogP contribution in [0.25, 0.3) is 0 Å². The van der Waals surface area contributed by atoms with Gasteiger partial charge in [0, 0.05) is 6.54 Å². The van der Waals surface area contributed by atoms with Gasteiger partial charge in [0.1, 0.15) is 12.4 Å². The van der Waals surface area contributed by atoms with E-state index < -0.39 is 4.92 Å². The van der Waals surface area contributed by atoms with Crippen LogP contribution in [0.1, 0.15) is 12.8 Å². The molecule has 6 heteroatoms. The minimum absolute atomic E-state index is 0.0683. The lowest BCUT2D eigenvalue weighted by atomic mass is 10.00. The molecule has 6 nitrogen and oxygen atoms in total. The summed E-state index contributed by atoms with van der Waals surface area (Å²) in [5.41, 5.74) is 0.0683. The van der Waals surface area contributed by atoms with Crippen molar-refractivity contribution in [3.8, 4) is 0 Å². The predicted molar refractivity (Wildman–Crippen MR) is 54.5 cm³/mol. The third kappa shape index (κ3) is 2.53. The van der Waals surface area contributed by atoms with E-state index in [1.165, 1.54) is 25.2 Å². The minimum Gasteiger partial charge on any atom is -0.316 e. The molecule has 0 aliphatic carbocycles. The van der Waals surface area contributed by atoms with Crippen LogP contribution in [0.3, 0.4) is 0 Å². The maximum absolute atomic E-state index is 10.4. The third-order valence-corrected chi connectivity index (χ3v) is 2.67. The molecule has 0 bridgehead atoms. The Balaban J connectivity index is 1.94. The predicted octanol–water partition coefficient (Wildman–Crippen LogP) is 0.791. The van der Waals surface area contributed by atoms with E-state index in [1.807, 2.05) is 0 Å². The van der Waals surface area contributed by atoms with E-state index in [9.17, 15) is 10.1 Å². The highest BCUT2D eigenvalue weighted by Gasteiger charge is 2.15. The molecule has 1 aliphatic heterocycles. The van der Waals surface area contributed by atoms with E-state index in [0.717, 1.165) is 19.6 Å². The quantitative estimate of drug-likeness (QED) is 0.591. The zero-order chi connectivity index (χ0) is 10.7. The normalized spacial score (nSPS) is 21.5. The summed E-state index contributed by atoms with van der Waals surface area (Å²) in [5.74, 6) is 0.540. The van der Waals surface area contributed by atoms with Crippen molar-refractivity contribution in [1.29, 1.82) is 0 Å². The van der Waals surface area contributed by atoms with Gasteiger partial charge in [0.05, 0.1) is 4.92 Å². The van der Waals surface area contributed by atoms with Gasteiger partial charge in [-0.2, -0.15) is 5.10 Å². The molecule has 0 amide bonds. The Morgan fingerprint density at radius 3 is 3.20 bits per heavy atom. The van der Waals surface area contributed by atoms with Crippen LogP contribution in [0.2, 0.25) is 0 Å². The van der Waals surface area contributed by atoms with Crippen molar-refractivity contribution in [2.24, 2.45) is 5.92 Å². The number of nitrogens with one attached hydrogen (secondary N) is 1. The van der Waals surface area contributed by atoms with Crippen molar-refractivity contribution in [2.75, 3.05) is 13.1 Å². The summed E-state index contributed by atoms with van der Waals surface area (Å²) >= 11 is 0. The van der Waals surface area contributed by atoms with Gasteiger partial charge in [-0.05, 0) is 31.8 Å². The van der Waals surface area contributed by atoms with Gasteiger partial charge in [0.15, 0.2) is 0 Å². The van der Waals surface area contributed by atoms with Crippen LogP contribution in [0.4, 0.5) is 5.69 Å². The van der Waals surface area contributed by atoms with Gasteiger partial charge in [-0.3, -0.25) is 14.8 Å². The molecule has 0 radical (unpaired) electrons. The summed E-state index contributed by atoms with van der Waals surface area (Å²) in [7, 11) is 0. The Kier molecular flexibility index (Phi) is 2.96. The van der Waals surface area contributed by atoms with Crippen LogP contribution in [0.15, 0.2) is 12.4 Å². The van der Waals surface area contributed by atoms with Gasteiger partial charge in [-0.1, -0.05) is 0 Å². The fourth-order valence-corrected chi connectivity index (χ4v) is 1.89. The van der Waals surface area contributed by atoms with Crippen molar-refractivity contribution in [1.82, 2.24) is 15.1 Å². The van der Waals surface area contributed by atoms with Crippen molar-refractivity contribution in [3.05, 3.63) is 22.5 Å². The molecule has 15 heavy (non-hydrogen) atoms. The van der Waals surface area contributed by atoms with E-state index in [4.69, 9.17) is 0 Å². The molecule has 1 fully saturated rings. The zero-order valence-corrected chi connectivity index (χ0v) is 8.43. The van der Waals surface area contributed by atoms with Crippen molar-refractivity contribution < 1.29 is 4.92 Å². The minimum atomic E-state index is -0.414. The fourth-order valence-electron chi connectivity index (χ4n) is 1.89. The standard InChI is InChI=1S/C9H14N4O2/c14-13(15)9-5-11-12(7-9)6-8-2-1-3-10-4-8/h5,7-8,10H,1-4,6H2. The van der Waals surface area contributed by atoms with Crippen LogP contribution < -0.4 is 5.32 Å². The highest BCUT2D eigenvalue weighted by molar-refractivity contribution is 5.20. The summed E-state index contributed by atoms with van der Waals surface area (Å²) < 4.78 is 1.66. The van der Waals surface area contributed by atoms with E-state index in [1.54, 1.807) is 4.68 Å². The average molecular weight is 210 g/mol. The first-order valence-corrected chi connectivity index (χ1v) is 5.13. The first kappa shape index (κ1) is 10.1. The van der Waals surface area contributed by atoms with Crippen molar-refractivity contribution in [3.63, 3.8) is 0 Å². The molecule has 1 N–H and O–H groups in total. The smallest absolute Gasteiger partial charge is 0.306 e. The molecule has 1 aromatic rings. The molecule has 82 valence electrons. The van der Waals surface area contributed by atoms with Gasteiger partial charge in [-0.25, -0.2) is 0 Å². The Labute approximate surface area is 87.4 Å². The van der Waals surface area contributed by atoms with Gasteiger partial charge in [0.25, 0.3) is 0 Å². The van der Waals surface area contributed by atoms with Crippen molar-refractivity contribution >= 4 is 5.69 Å². The lowest BCUT2D eigenvalue weighted by Gasteiger charge is -2.22. The van der Waals surface area contributed by atoms with E-state index >= 15 is 0 Å². The Morgan fingerprint density at radius 2 is 2.60 bits per heavy atom. The summed E-state index contributed by atoms with van der Waals surface area (Å²) in [6.07, 6.45) is 5.14. The number of hydrogen-bond acceptors (Lipinski definition) is 4. The molecule has 0 spiro atoms. The van der Waals surface area contributed by atoms with E-state index in [-0.39, 0.29) is 5.69 Å². The maximum atomic E-state index is 10.4. The average Bonchev–Trinajstić information content (AvgIpc) is 2.68. The number of rotatable bonds is 3. The lowest BCUT2D eigenvalue weighted by Crippen LogP contribution is -2.32. The second-order valence-corrected chi connectivity index (χ2v) is 3.89. The van der Waals surface area contributed by atoms with Crippen LogP contribution in [0, 0.1) is 16.0 Å². The first-order chi connectivity index (χ1) is 7.25. The van der Waals surface area contributed by atoms with E-state index in [0.29, 0.717) is 5.92 Å². The van der Waals surface area contributed by atoms with Gasteiger partial charge in [-0.15, -0.1) is 0 Å². The topological polar surface area (TPSA) is 73.0 Å². The second-order valence-electron chi connectivity index (χ2n) is 3.89. The highest BCUT2D eigenvalue weighted by atomic mass is 16.6. The fraction of sp³-hybridized carbons (Fsp3) is 0.667. The Hall–Kier alpha value is -1.43. The first-order valence-electron chi connectivity index (χ1n) is 5.13. The molecule has 2 heterocycles. The molecule has 2 rings (SSSR count). The van der Waals surface area contributed by atoms with Crippen LogP contribution >= 0.6 is 0 Å². The molecule has 0 saturated carbocycles. The van der Waals surface area contributed by atoms with Gasteiger partial charge < -0.3 is 5.32 Å². The Bertz CT molecular complexity index is 344. The molecule has 0 aromatic carbocycles. The Morgan fingerprint density at radius 1 is 1.73 bits per heavy atom. The van der Waals surface area contributed by atoms with E-state index in [2.05, 4.69) is 10.4 Å². The third-order valence-electron chi connectivity index (χ3n) is 2.67. The summed E-state index contributed by atoms with van der Waals surface area (Å²) in [4.78, 5) is 10.0. The number of piperidine rings is 1. The molecule has 1 atom stereocenters. The second kappa shape index (κ2) is 4.39. The number of nitrogens with zero attached hydrogens (tertiary/aromatic N) is 3. The highest BCUT2D eigenvalue weighted by Crippen LogP contribution is 2.14. The van der Waals surface area contributed by atoms with Crippen LogP contribution in [-0.2, 0) is 6.54 Å². The molecule has 1 aliphatic rings. The monoisotopic (exact) mass is 210 g/mol. The zero-order valence-electron chi connectivity index (χ0n) is 8.43. The summed E-state index contributed by atoms with van der Waals surface area (Å²) in [6, 6.07) is 0. The number of aromatic nitrogens is 2. The molecule has 1 aromatic heterocycles. The molecular weight excluding hydrogens is 196 g/mol. The van der Waals surface area contributed by atoms with Crippen LogP contribution in [-0.4, -0.2) is 27.8 Å².